The molecule has 7 nitrogen and oxygen atoms in total. The van der Waals surface area contributed by atoms with Crippen LogP contribution in [0.4, 0.5) is 0 Å². The van der Waals surface area contributed by atoms with Crippen LogP contribution in [-0.2, 0) is 16.4 Å². The van der Waals surface area contributed by atoms with Gasteiger partial charge in [-0.1, -0.05) is 37.5 Å². The molecule has 0 amide bonds. The molecule has 1 atom stereocenters. The zero-order valence-electron chi connectivity index (χ0n) is 16.1. The minimum absolute atomic E-state index is 0.222. The minimum Gasteiger partial charge on any atom is -0.486 e. The molecule has 0 bridgehead atoms. The molecule has 1 spiro atoms. The summed E-state index contributed by atoms with van der Waals surface area (Å²) < 4.78 is 34.1. The van der Waals surface area contributed by atoms with Gasteiger partial charge in [-0.05, 0) is 31.2 Å². The van der Waals surface area contributed by atoms with Gasteiger partial charge in [-0.3, -0.25) is 0 Å². The summed E-state index contributed by atoms with van der Waals surface area (Å²) in [4.78, 5) is 0. The van der Waals surface area contributed by atoms with Crippen molar-refractivity contribution in [2.45, 2.75) is 74.9 Å². The molecule has 1 aromatic rings. The molecule has 3 N–H and O–H groups in total. The van der Waals surface area contributed by atoms with Crippen LogP contribution >= 0.6 is 0 Å². The quantitative estimate of drug-likeness (QED) is 0.521. The van der Waals surface area contributed by atoms with Gasteiger partial charge in [0.1, 0.15) is 11.4 Å². The van der Waals surface area contributed by atoms with Crippen molar-refractivity contribution in [2.24, 2.45) is 0 Å². The maximum absolute atomic E-state index is 13.0. The zero-order chi connectivity index (χ0) is 19.8. The molecule has 1 aromatic carbocycles. The number of fused-ring (bicyclic) bond motifs is 1. The van der Waals surface area contributed by atoms with Crippen molar-refractivity contribution in [1.29, 1.82) is 0 Å². The summed E-state index contributed by atoms with van der Waals surface area (Å²) in [5, 5.41) is 18.9. The first-order valence-electron chi connectivity index (χ1n) is 10.3. The highest BCUT2D eigenvalue weighted by atomic mass is 32.2. The molecule has 28 heavy (non-hydrogen) atoms. The molecule has 8 heteroatoms. The minimum atomic E-state index is -3.23. The molecule has 156 valence electrons. The average Bonchev–Trinajstić information content (AvgIpc) is 2.74. The van der Waals surface area contributed by atoms with Crippen molar-refractivity contribution < 1.29 is 23.5 Å². The Balaban J connectivity index is 1.48. The molecule has 3 aliphatic rings. The predicted octanol–water partition coefficient (Wildman–Crippen LogP) is 2.48. The molecule has 4 rings (SSSR count). The van der Waals surface area contributed by atoms with Crippen molar-refractivity contribution in [3.05, 3.63) is 29.3 Å². The molecule has 1 saturated heterocycles. The maximum atomic E-state index is 13.0. The van der Waals surface area contributed by atoms with E-state index in [1.54, 1.807) is 10.4 Å². The Morgan fingerprint density at radius 2 is 1.86 bits per heavy atom. The number of nitrogens with zero attached hydrogens (tertiary/aromatic N) is 1. The van der Waals surface area contributed by atoms with E-state index in [1.165, 1.54) is 0 Å². The third kappa shape index (κ3) is 3.68. The van der Waals surface area contributed by atoms with Gasteiger partial charge in [0.15, 0.2) is 6.23 Å². The number of aliphatic hydroxyl groups excluding tert-OH is 1. The number of para-hydroxylation sites is 1. The first-order valence-corrected chi connectivity index (χ1v) is 11.8. The Labute approximate surface area is 166 Å². The van der Waals surface area contributed by atoms with Crippen LogP contribution in [0, 0.1) is 0 Å². The van der Waals surface area contributed by atoms with Crippen molar-refractivity contribution in [2.75, 3.05) is 13.1 Å². The van der Waals surface area contributed by atoms with Gasteiger partial charge < -0.3 is 15.1 Å². The third-order valence-corrected chi connectivity index (χ3v) is 9.08. The second-order valence-corrected chi connectivity index (χ2v) is 10.6. The number of aryl methyl sites for hydroxylation is 1. The number of hydrogen-bond donors (Lipinski definition) is 3. The van der Waals surface area contributed by atoms with Crippen LogP contribution in [0.3, 0.4) is 0 Å². The summed E-state index contributed by atoms with van der Waals surface area (Å²) in [6.45, 7) is 0.967. The molecule has 1 unspecified atom stereocenters. The fraction of sp³-hybridized carbons (Fsp3) is 0.700. The van der Waals surface area contributed by atoms with Gasteiger partial charge in [-0.15, -0.1) is 0 Å². The van der Waals surface area contributed by atoms with E-state index in [1.807, 2.05) is 17.6 Å². The lowest BCUT2D eigenvalue weighted by molar-refractivity contribution is -0.0182. The topological polar surface area (TPSA) is 99.1 Å². The average molecular weight is 411 g/mol. The summed E-state index contributed by atoms with van der Waals surface area (Å²) in [6, 6.07) is 5.54. The number of ether oxygens (including phenoxy) is 1. The Morgan fingerprint density at radius 1 is 1.14 bits per heavy atom. The summed E-state index contributed by atoms with van der Waals surface area (Å²) in [5.74, 6) is 0.617. The van der Waals surface area contributed by atoms with E-state index < -0.39 is 21.9 Å². The number of piperidine rings is 1. The van der Waals surface area contributed by atoms with Gasteiger partial charge in [0.2, 0.25) is 10.0 Å². The van der Waals surface area contributed by atoms with Crippen LogP contribution in [0.5, 0.6) is 5.75 Å². The molecule has 2 heterocycles. The van der Waals surface area contributed by atoms with Gasteiger partial charge >= 0.3 is 0 Å². The Bertz CT molecular complexity index is 799. The summed E-state index contributed by atoms with van der Waals surface area (Å²) in [5.41, 5.74) is 2.99. The number of hydroxylamine groups is 1. The molecule has 1 saturated carbocycles. The molecule has 0 radical (unpaired) electrons. The van der Waals surface area contributed by atoms with Gasteiger partial charge in [0, 0.05) is 31.5 Å². The van der Waals surface area contributed by atoms with Crippen LogP contribution in [0.2, 0.25) is 0 Å². The number of benzene rings is 1. The standard InChI is InChI=1S/C20H30N2O5S/c23-19(21-24)17-8-4-5-15-9-10-20(27-18(15)17)11-13-22(14-12-20)28(25,26)16-6-2-1-3-7-16/h4-5,8,16,19,21,23-24H,1-3,6-7,9-14H2. The Hall–Kier alpha value is -1.19. The summed E-state index contributed by atoms with van der Waals surface area (Å²) in [7, 11) is -3.23. The third-order valence-electron chi connectivity index (χ3n) is 6.68. The normalized spacial score (nSPS) is 24.5. The van der Waals surface area contributed by atoms with Crippen LogP contribution in [0.1, 0.15) is 68.7 Å². The summed E-state index contributed by atoms with van der Waals surface area (Å²) in [6.07, 6.45) is 6.45. The van der Waals surface area contributed by atoms with Gasteiger partial charge in [0.25, 0.3) is 0 Å². The van der Waals surface area contributed by atoms with Crippen LogP contribution in [0.15, 0.2) is 18.2 Å². The van der Waals surface area contributed by atoms with E-state index in [4.69, 9.17) is 9.94 Å². The van der Waals surface area contributed by atoms with E-state index in [9.17, 15) is 13.5 Å². The predicted molar refractivity (Wildman–Crippen MR) is 105 cm³/mol. The SMILES string of the molecule is O=S(=O)(C1CCCCC1)N1CCC2(CCc3cccc(C(O)NO)c3O2)CC1. The first kappa shape index (κ1) is 20.1. The lowest BCUT2D eigenvalue weighted by Gasteiger charge is -2.45. The Morgan fingerprint density at radius 3 is 2.54 bits per heavy atom. The molecule has 2 fully saturated rings. The fourth-order valence-electron chi connectivity index (χ4n) is 4.91. The Kier molecular flexibility index (Phi) is 5.68. The van der Waals surface area contributed by atoms with Gasteiger partial charge in [0.05, 0.1) is 5.25 Å². The molecule has 1 aliphatic carbocycles. The highest BCUT2D eigenvalue weighted by Crippen LogP contribution is 2.43. The van der Waals surface area contributed by atoms with Crippen LogP contribution in [0.25, 0.3) is 0 Å². The van der Waals surface area contributed by atoms with Crippen molar-refractivity contribution in [3.63, 3.8) is 0 Å². The largest absolute Gasteiger partial charge is 0.486 e. The lowest BCUT2D eigenvalue weighted by atomic mass is 9.83. The number of rotatable bonds is 4. The molecular formula is C20H30N2O5S. The van der Waals surface area contributed by atoms with Crippen molar-refractivity contribution >= 4 is 10.0 Å². The number of nitrogens with one attached hydrogen (secondary N) is 1. The lowest BCUT2D eigenvalue weighted by Crippen LogP contribution is -2.53. The molecule has 0 aromatic heterocycles. The van der Waals surface area contributed by atoms with E-state index in [-0.39, 0.29) is 5.25 Å². The van der Waals surface area contributed by atoms with Crippen molar-refractivity contribution in [1.82, 2.24) is 9.79 Å². The highest BCUT2D eigenvalue weighted by molar-refractivity contribution is 7.89. The van der Waals surface area contributed by atoms with E-state index in [0.29, 0.717) is 37.2 Å². The highest BCUT2D eigenvalue weighted by Gasteiger charge is 2.44. The zero-order valence-corrected chi connectivity index (χ0v) is 17.0. The second kappa shape index (κ2) is 7.91. The molecule has 2 aliphatic heterocycles. The smallest absolute Gasteiger partial charge is 0.216 e. The monoisotopic (exact) mass is 410 g/mol. The molecular weight excluding hydrogens is 380 g/mol. The number of aliphatic hydroxyl groups is 1. The van der Waals surface area contributed by atoms with Crippen LogP contribution < -0.4 is 10.2 Å². The first-order chi connectivity index (χ1) is 13.5. The van der Waals surface area contributed by atoms with E-state index in [0.717, 1.165) is 50.5 Å². The van der Waals surface area contributed by atoms with E-state index in [2.05, 4.69) is 0 Å². The van der Waals surface area contributed by atoms with E-state index >= 15 is 0 Å². The second-order valence-electron chi connectivity index (χ2n) is 8.36. The summed E-state index contributed by atoms with van der Waals surface area (Å²) >= 11 is 0. The van der Waals surface area contributed by atoms with Gasteiger partial charge in [-0.25, -0.2) is 12.7 Å². The van der Waals surface area contributed by atoms with Gasteiger partial charge in [-0.2, -0.15) is 5.48 Å². The van der Waals surface area contributed by atoms with Crippen molar-refractivity contribution in [3.8, 4) is 5.75 Å². The maximum Gasteiger partial charge on any atom is 0.216 e. The number of sulfonamides is 1. The van der Waals surface area contributed by atoms with Crippen LogP contribution in [-0.4, -0.2) is 47.0 Å². The number of hydrogen-bond acceptors (Lipinski definition) is 6. The fourth-order valence-corrected chi connectivity index (χ4v) is 6.96.